The first-order valence-corrected chi connectivity index (χ1v) is 6.05. The van der Waals surface area contributed by atoms with Gasteiger partial charge in [0.15, 0.2) is 0 Å². The minimum atomic E-state index is 0.801. The lowest BCUT2D eigenvalue weighted by atomic mass is 10.1. The molecule has 2 nitrogen and oxygen atoms in total. The monoisotopic (exact) mass is 240 g/mol. The normalized spacial score (nSPS) is 12.4. The fraction of sp³-hybridized carbons (Fsp3) is 0.188. The van der Waals surface area contributed by atoms with E-state index in [0.717, 1.165) is 36.4 Å². The number of rotatable bonds is 6. The molecule has 0 aliphatic carbocycles. The fourth-order valence-corrected chi connectivity index (χ4v) is 1.58. The Morgan fingerprint density at radius 2 is 1.89 bits per heavy atom. The molecule has 0 spiro atoms. The van der Waals surface area contributed by atoms with Crippen LogP contribution >= 0.6 is 0 Å². The Labute approximate surface area is 108 Å². The summed E-state index contributed by atoms with van der Waals surface area (Å²) in [5.74, 6) is 1.64. The molecule has 2 rings (SSSR count). The maximum absolute atomic E-state index is 5.31. The number of unbranched alkanes of at least 4 members (excludes halogenated alkanes) is 1. The number of furan rings is 2. The maximum Gasteiger partial charge on any atom is 0.127 e. The van der Waals surface area contributed by atoms with Gasteiger partial charge in [0.25, 0.3) is 0 Å². The van der Waals surface area contributed by atoms with Crippen LogP contribution in [0.1, 0.15) is 30.8 Å². The molecule has 0 saturated heterocycles. The van der Waals surface area contributed by atoms with Crippen molar-refractivity contribution in [3.8, 4) is 0 Å². The van der Waals surface area contributed by atoms with E-state index in [1.165, 1.54) is 0 Å². The van der Waals surface area contributed by atoms with E-state index in [0.29, 0.717) is 0 Å². The van der Waals surface area contributed by atoms with Gasteiger partial charge in [-0.3, -0.25) is 0 Å². The summed E-state index contributed by atoms with van der Waals surface area (Å²) in [6.07, 6.45) is 13.3. The standard InChI is InChI=1S/C16H16O2/c1-2-3-6-14(13-16-8-5-12-18-16)9-10-15-7-4-11-17-15/h4-5,7-8,10-13H,1-3,6H2/b10-9?,14-13+. The maximum atomic E-state index is 5.31. The second-order valence-corrected chi connectivity index (χ2v) is 3.95. The molecule has 2 aromatic heterocycles. The Kier molecular flexibility index (Phi) is 4.65. The average Bonchev–Trinajstić information content (AvgIpc) is 3.05. The zero-order chi connectivity index (χ0) is 12.6. The van der Waals surface area contributed by atoms with Gasteiger partial charge in [0.05, 0.1) is 12.5 Å². The Balaban J connectivity index is 2.10. The summed E-state index contributed by atoms with van der Waals surface area (Å²) >= 11 is 0. The summed E-state index contributed by atoms with van der Waals surface area (Å²) in [5.41, 5.74) is 1.09. The molecule has 0 aliphatic rings. The second-order valence-electron chi connectivity index (χ2n) is 3.95. The lowest BCUT2D eigenvalue weighted by molar-refractivity contribution is 0.555. The summed E-state index contributed by atoms with van der Waals surface area (Å²) in [6.45, 7) is 3.86. The molecule has 2 radical (unpaired) electrons. The Morgan fingerprint density at radius 3 is 2.50 bits per heavy atom. The van der Waals surface area contributed by atoms with Crippen molar-refractivity contribution in [2.24, 2.45) is 0 Å². The Morgan fingerprint density at radius 1 is 1.17 bits per heavy atom. The summed E-state index contributed by atoms with van der Waals surface area (Å²) in [5, 5.41) is 0. The van der Waals surface area contributed by atoms with Crippen LogP contribution in [0.2, 0.25) is 0 Å². The lowest BCUT2D eigenvalue weighted by Gasteiger charge is -1.99. The van der Waals surface area contributed by atoms with E-state index in [4.69, 9.17) is 8.83 Å². The van der Waals surface area contributed by atoms with Crippen LogP contribution in [0, 0.1) is 13.0 Å². The van der Waals surface area contributed by atoms with E-state index >= 15 is 0 Å². The SMILES string of the molecule is [CH2]CCCC(/[C]=C/c1ccco1)=C\c1ccco1. The van der Waals surface area contributed by atoms with Crippen molar-refractivity contribution in [1.29, 1.82) is 0 Å². The quantitative estimate of drug-likeness (QED) is 0.679. The largest absolute Gasteiger partial charge is 0.465 e. The highest BCUT2D eigenvalue weighted by atomic mass is 16.3. The van der Waals surface area contributed by atoms with Crippen molar-refractivity contribution in [1.82, 2.24) is 0 Å². The summed E-state index contributed by atoms with van der Waals surface area (Å²) in [4.78, 5) is 0. The van der Waals surface area contributed by atoms with Crippen molar-refractivity contribution in [3.63, 3.8) is 0 Å². The van der Waals surface area contributed by atoms with Gasteiger partial charge in [-0.15, -0.1) is 0 Å². The predicted octanol–water partition coefficient (Wildman–Crippen LogP) is 4.78. The van der Waals surface area contributed by atoms with Gasteiger partial charge in [-0.2, -0.15) is 0 Å². The molecule has 2 heteroatoms. The Bertz CT molecular complexity index is 487. The van der Waals surface area contributed by atoms with Gasteiger partial charge in [-0.05, 0) is 60.9 Å². The van der Waals surface area contributed by atoms with Crippen LogP contribution in [-0.2, 0) is 0 Å². The van der Waals surface area contributed by atoms with Gasteiger partial charge >= 0.3 is 0 Å². The molecule has 0 bridgehead atoms. The van der Waals surface area contributed by atoms with Crippen LogP contribution in [-0.4, -0.2) is 0 Å². The molecule has 92 valence electrons. The highest BCUT2D eigenvalue weighted by Crippen LogP contribution is 2.15. The van der Waals surface area contributed by atoms with Crippen LogP contribution in [0.25, 0.3) is 12.2 Å². The minimum Gasteiger partial charge on any atom is -0.465 e. The summed E-state index contributed by atoms with van der Waals surface area (Å²) in [7, 11) is 0. The van der Waals surface area contributed by atoms with E-state index in [2.05, 4.69) is 13.0 Å². The molecule has 0 amide bonds. The van der Waals surface area contributed by atoms with Crippen LogP contribution in [0.4, 0.5) is 0 Å². The summed E-state index contributed by atoms with van der Waals surface area (Å²) in [6, 6.07) is 7.57. The van der Waals surface area contributed by atoms with E-state index in [1.807, 2.05) is 36.4 Å². The molecule has 2 aromatic rings. The highest BCUT2D eigenvalue weighted by molar-refractivity contribution is 5.54. The molecule has 0 saturated carbocycles. The van der Waals surface area contributed by atoms with Crippen LogP contribution in [0.5, 0.6) is 0 Å². The minimum absolute atomic E-state index is 0.801. The summed E-state index contributed by atoms with van der Waals surface area (Å²) < 4.78 is 10.6. The van der Waals surface area contributed by atoms with Crippen LogP contribution in [0.3, 0.4) is 0 Å². The predicted molar refractivity (Wildman–Crippen MR) is 72.3 cm³/mol. The van der Waals surface area contributed by atoms with Gasteiger partial charge in [0.1, 0.15) is 11.5 Å². The van der Waals surface area contributed by atoms with Crippen molar-refractivity contribution in [2.45, 2.75) is 19.3 Å². The van der Waals surface area contributed by atoms with Crippen LogP contribution < -0.4 is 0 Å². The van der Waals surface area contributed by atoms with Gasteiger partial charge < -0.3 is 8.83 Å². The molecule has 0 unspecified atom stereocenters. The van der Waals surface area contributed by atoms with Gasteiger partial charge in [-0.1, -0.05) is 13.3 Å². The molecule has 0 N–H and O–H groups in total. The molecular formula is C16H16O2. The van der Waals surface area contributed by atoms with Crippen molar-refractivity contribution < 1.29 is 8.83 Å². The van der Waals surface area contributed by atoms with Crippen LogP contribution in [0.15, 0.2) is 51.2 Å². The Hall–Kier alpha value is -1.96. The zero-order valence-corrected chi connectivity index (χ0v) is 10.3. The van der Waals surface area contributed by atoms with E-state index in [9.17, 15) is 0 Å². The van der Waals surface area contributed by atoms with Crippen molar-refractivity contribution in [2.75, 3.05) is 0 Å². The van der Waals surface area contributed by atoms with Gasteiger partial charge in [-0.25, -0.2) is 0 Å². The van der Waals surface area contributed by atoms with Gasteiger partial charge in [0.2, 0.25) is 0 Å². The molecular weight excluding hydrogens is 224 g/mol. The first kappa shape index (κ1) is 12.5. The third kappa shape index (κ3) is 3.81. The molecule has 18 heavy (non-hydrogen) atoms. The first-order valence-electron chi connectivity index (χ1n) is 6.05. The second kappa shape index (κ2) is 6.70. The molecule has 2 heterocycles. The highest BCUT2D eigenvalue weighted by Gasteiger charge is 1.97. The number of hydrogen-bond donors (Lipinski definition) is 0. The molecule has 0 aliphatic heterocycles. The number of allylic oxidation sites excluding steroid dienone is 2. The molecule has 0 atom stereocenters. The van der Waals surface area contributed by atoms with E-state index < -0.39 is 0 Å². The molecule has 0 fully saturated rings. The first-order chi connectivity index (χ1) is 8.88. The van der Waals surface area contributed by atoms with Gasteiger partial charge in [0, 0.05) is 0 Å². The number of hydrogen-bond acceptors (Lipinski definition) is 2. The van der Waals surface area contributed by atoms with Crippen molar-refractivity contribution in [3.05, 3.63) is 66.9 Å². The van der Waals surface area contributed by atoms with E-state index in [1.54, 1.807) is 12.5 Å². The third-order valence-corrected chi connectivity index (χ3v) is 2.50. The third-order valence-electron chi connectivity index (χ3n) is 2.50. The molecule has 0 aromatic carbocycles. The zero-order valence-electron chi connectivity index (χ0n) is 10.3. The topological polar surface area (TPSA) is 26.3 Å². The van der Waals surface area contributed by atoms with E-state index in [-0.39, 0.29) is 0 Å². The van der Waals surface area contributed by atoms with Crippen molar-refractivity contribution >= 4 is 12.2 Å². The fourth-order valence-electron chi connectivity index (χ4n) is 1.58. The average molecular weight is 240 g/mol. The smallest absolute Gasteiger partial charge is 0.127 e. The lowest BCUT2D eigenvalue weighted by Crippen LogP contribution is -1.80.